The van der Waals surface area contributed by atoms with Gasteiger partial charge in [-0.25, -0.2) is 0 Å². The summed E-state index contributed by atoms with van der Waals surface area (Å²) in [4.78, 5) is 0.420. The van der Waals surface area contributed by atoms with Gasteiger partial charge in [-0.1, -0.05) is 24.4 Å². The van der Waals surface area contributed by atoms with Crippen molar-refractivity contribution in [2.24, 2.45) is 0 Å². The van der Waals surface area contributed by atoms with Crippen LogP contribution in [0.4, 0.5) is 0 Å². The van der Waals surface area contributed by atoms with E-state index in [1.54, 1.807) is 28.8 Å². The highest BCUT2D eigenvalue weighted by Gasteiger charge is 2.24. The average molecular weight is 355 g/mol. The molecule has 0 saturated heterocycles. The zero-order valence-corrected chi connectivity index (χ0v) is 14.5. The molecule has 0 spiro atoms. The molecule has 2 heterocycles. The summed E-state index contributed by atoms with van der Waals surface area (Å²) in [7, 11) is 0. The Morgan fingerprint density at radius 1 is 1.20 bits per heavy atom. The first-order valence-corrected chi connectivity index (χ1v) is 8.30. The quantitative estimate of drug-likeness (QED) is 0.284. The zero-order chi connectivity index (χ0) is 17.6. The minimum absolute atomic E-state index is 0.0507. The third-order valence-electron chi connectivity index (χ3n) is 3.64. The van der Waals surface area contributed by atoms with Crippen LogP contribution >= 0.6 is 12.2 Å². The van der Waals surface area contributed by atoms with Crippen LogP contribution < -0.4 is 19.4 Å². The van der Waals surface area contributed by atoms with E-state index in [-0.39, 0.29) is 5.76 Å². The number of aromatic nitrogens is 1. The van der Waals surface area contributed by atoms with Gasteiger partial charge in [0.25, 0.3) is 5.70 Å². The molecule has 0 aliphatic carbocycles. The monoisotopic (exact) mass is 355 g/mol. The largest absolute Gasteiger partial charge is 0.502 e. The minimum Gasteiger partial charge on any atom is -0.502 e. The van der Waals surface area contributed by atoms with Crippen LogP contribution in [-0.4, -0.2) is 29.9 Å². The molecular formula is C19H19N2O3S+. The molecule has 6 heteroatoms. The lowest BCUT2D eigenvalue weighted by molar-refractivity contribution is -0.576. The summed E-state index contributed by atoms with van der Waals surface area (Å²) in [5, 5.41) is 14.0. The van der Waals surface area contributed by atoms with Crippen LogP contribution in [0.1, 0.15) is 5.56 Å². The van der Waals surface area contributed by atoms with Crippen LogP contribution in [0.3, 0.4) is 0 Å². The number of hydrogen-bond donors (Lipinski definition) is 2. The molecule has 2 N–H and O–H groups in total. The molecule has 2 aromatic rings. The highest BCUT2D eigenvalue weighted by molar-refractivity contribution is 7.81. The molecule has 128 valence electrons. The lowest BCUT2D eigenvalue weighted by Gasteiger charge is -2.18. The predicted molar refractivity (Wildman–Crippen MR) is 101 cm³/mol. The van der Waals surface area contributed by atoms with Gasteiger partial charge in [-0.3, -0.25) is 0 Å². The summed E-state index contributed by atoms with van der Waals surface area (Å²) in [6.07, 6.45) is 5.36. The number of benzene rings is 1. The summed E-state index contributed by atoms with van der Waals surface area (Å²) in [6, 6.07) is 11.0. The second kappa shape index (κ2) is 7.81. The summed E-state index contributed by atoms with van der Waals surface area (Å²) in [6.45, 7) is 5.19. The number of aliphatic hydroxyl groups excluding tert-OH is 1. The normalized spacial score (nSPS) is 13.6. The molecule has 1 aliphatic rings. The second-order valence-corrected chi connectivity index (χ2v) is 5.75. The minimum atomic E-state index is 0.0507. The Labute approximate surface area is 151 Å². The Morgan fingerprint density at radius 2 is 1.92 bits per heavy atom. The van der Waals surface area contributed by atoms with Crippen molar-refractivity contribution in [3.63, 3.8) is 0 Å². The third kappa shape index (κ3) is 3.80. The second-order valence-electron chi connectivity index (χ2n) is 5.34. The Morgan fingerprint density at radius 3 is 2.64 bits per heavy atom. The van der Waals surface area contributed by atoms with Crippen molar-refractivity contribution in [2.45, 2.75) is 0 Å². The maximum absolute atomic E-state index is 10.9. The molecule has 0 amide bonds. The van der Waals surface area contributed by atoms with E-state index in [0.717, 1.165) is 0 Å². The number of thiocarbonyl (C=S) groups is 1. The van der Waals surface area contributed by atoms with E-state index in [0.29, 0.717) is 47.5 Å². The van der Waals surface area contributed by atoms with Crippen molar-refractivity contribution in [1.82, 2.24) is 5.32 Å². The van der Waals surface area contributed by atoms with E-state index >= 15 is 0 Å². The fourth-order valence-corrected chi connectivity index (χ4v) is 2.76. The van der Waals surface area contributed by atoms with Gasteiger partial charge in [-0.05, 0) is 18.2 Å². The summed E-state index contributed by atoms with van der Waals surface area (Å²) in [5.74, 6) is 1.33. The number of fused-ring (bicyclic) bond motifs is 1. The molecule has 1 aromatic heterocycles. The maximum Gasteiger partial charge on any atom is 0.287 e. The first-order valence-electron chi connectivity index (χ1n) is 7.89. The van der Waals surface area contributed by atoms with Crippen molar-refractivity contribution >= 4 is 28.7 Å². The molecule has 0 unspecified atom stereocenters. The van der Waals surface area contributed by atoms with Gasteiger partial charge in [0.2, 0.25) is 0 Å². The highest BCUT2D eigenvalue weighted by atomic mass is 32.1. The molecular weight excluding hydrogens is 336 g/mol. The van der Waals surface area contributed by atoms with Gasteiger partial charge < -0.3 is 19.9 Å². The molecule has 0 atom stereocenters. The lowest BCUT2D eigenvalue weighted by Crippen LogP contribution is -2.40. The van der Waals surface area contributed by atoms with E-state index in [4.69, 9.17) is 21.7 Å². The molecule has 0 bridgehead atoms. The van der Waals surface area contributed by atoms with Crippen LogP contribution in [0.25, 0.3) is 11.5 Å². The maximum atomic E-state index is 10.9. The Kier molecular flexibility index (Phi) is 5.30. The molecule has 1 aromatic carbocycles. The van der Waals surface area contributed by atoms with E-state index in [9.17, 15) is 5.11 Å². The van der Waals surface area contributed by atoms with Crippen molar-refractivity contribution in [1.29, 1.82) is 0 Å². The Hall–Kier alpha value is -2.86. The fraction of sp³-hybridized carbons (Fsp3) is 0.158. The molecule has 25 heavy (non-hydrogen) atoms. The number of pyridine rings is 1. The van der Waals surface area contributed by atoms with Crippen LogP contribution in [-0.2, 0) is 0 Å². The van der Waals surface area contributed by atoms with Gasteiger partial charge in [0.1, 0.15) is 13.2 Å². The van der Waals surface area contributed by atoms with E-state index in [2.05, 4.69) is 11.9 Å². The standard InChI is InChI=1S/C19H18N2O3S/c1-2-8-20-19(25)17(21-9-4-3-5-10-21)18(22)14-6-7-15-16(13-14)24-12-11-23-15/h2-7,9-10,13H,1,8,11-12H2,(H-,20,22,25)/p+1. The van der Waals surface area contributed by atoms with E-state index in [1.165, 1.54) is 0 Å². The van der Waals surface area contributed by atoms with Crippen LogP contribution in [0.5, 0.6) is 11.5 Å². The number of rotatable bonds is 5. The Balaban J connectivity index is 2.06. The van der Waals surface area contributed by atoms with Crippen LogP contribution in [0, 0.1) is 0 Å². The Bertz CT molecular complexity index is 819. The lowest BCUT2D eigenvalue weighted by atomic mass is 10.1. The van der Waals surface area contributed by atoms with Gasteiger partial charge in [-0.15, -0.1) is 6.58 Å². The predicted octanol–water partition coefficient (Wildman–Crippen LogP) is 2.73. The molecule has 0 radical (unpaired) electrons. The summed E-state index contributed by atoms with van der Waals surface area (Å²) < 4.78 is 12.9. The average Bonchev–Trinajstić information content (AvgIpc) is 2.67. The SMILES string of the molecule is C=CCNC(=S)/C(=C(\O)c1ccc2c(c1)OCCO2)[n+]1ccccc1. The van der Waals surface area contributed by atoms with Gasteiger partial charge >= 0.3 is 0 Å². The van der Waals surface area contributed by atoms with E-state index < -0.39 is 0 Å². The van der Waals surface area contributed by atoms with Crippen molar-refractivity contribution in [2.75, 3.05) is 19.8 Å². The number of hydrogen-bond acceptors (Lipinski definition) is 4. The van der Waals surface area contributed by atoms with Crippen molar-refractivity contribution in [3.05, 3.63) is 67.0 Å². The van der Waals surface area contributed by atoms with Crippen molar-refractivity contribution < 1.29 is 19.1 Å². The fourth-order valence-electron chi connectivity index (χ4n) is 2.47. The third-order valence-corrected chi connectivity index (χ3v) is 3.97. The van der Waals surface area contributed by atoms with E-state index in [1.807, 2.05) is 30.6 Å². The number of nitrogens with one attached hydrogen (secondary N) is 1. The van der Waals surface area contributed by atoms with Gasteiger partial charge in [0.05, 0.1) is 0 Å². The van der Waals surface area contributed by atoms with Crippen molar-refractivity contribution in [3.8, 4) is 11.5 Å². The van der Waals surface area contributed by atoms with Gasteiger partial charge in [-0.2, -0.15) is 4.57 Å². The molecule has 0 saturated carbocycles. The molecule has 3 rings (SSSR count). The van der Waals surface area contributed by atoms with Gasteiger partial charge in [0, 0.05) is 24.2 Å². The highest BCUT2D eigenvalue weighted by Crippen LogP contribution is 2.33. The summed E-state index contributed by atoms with van der Waals surface area (Å²) >= 11 is 5.47. The number of aliphatic hydroxyl groups is 1. The smallest absolute Gasteiger partial charge is 0.287 e. The first kappa shape index (κ1) is 17.0. The van der Waals surface area contributed by atoms with Gasteiger partial charge in [0.15, 0.2) is 34.6 Å². The number of nitrogens with zero attached hydrogens (tertiary/aromatic N) is 1. The molecule has 5 nitrogen and oxygen atoms in total. The van der Waals surface area contributed by atoms with Crippen LogP contribution in [0.2, 0.25) is 0 Å². The first-order chi connectivity index (χ1) is 12.2. The molecule has 0 fully saturated rings. The van der Waals surface area contributed by atoms with Crippen LogP contribution in [0.15, 0.2) is 61.4 Å². The molecule has 1 aliphatic heterocycles. The zero-order valence-electron chi connectivity index (χ0n) is 13.6. The number of ether oxygens (including phenoxy) is 2. The summed E-state index contributed by atoms with van der Waals surface area (Å²) in [5.41, 5.74) is 1.08. The topological polar surface area (TPSA) is 54.6 Å².